The Bertz CT molecular complexity index is 1300. The van der Waals surface area contributed by atoms with Crippen molar-refractivity contribution in [2.75, 3.05) is 0 Å². The minimum atomic E-state index is -2.52. The van der Waals surface area contributed by atoms with Crippen LogP contribution in [0.2, 0.25) is 0 Å². The third-order valence-electron chi connectivity index (χ3n) is 4.35. The highest BCUT2D eigenvalue weighted by molar-refractivity contribution is 7.26. The number of benzene rings is 1. The van der Waals surface area contributed by atoms with Crippen molar-refractivity contribution >= 4 is 31.6 Å². The molecule has 0 amide bonds. The number of rotatable bonds is 1. The van der Waals surface area contributed by atoms with Crippen LogP contribution in [-0.2, 0) is 7.05 Å². The highest BCUT2D eigenvalue weighted by atomic mass is 32.1. The van der Waals surface area contributed by atoms with Crippen molar-refractivity contribution in [3.05, 3.63) is 59.2 Å². The van der Waals surface area contributed by atoms with E-state index < -0.39 is 12.7 Å². The first-order valence-electron chi connectivity index (χ1n) is 9.13. The van der Waals surface area contributed by atoms with Gasteiger partial charge in [0.05, 0.1) is 21.9 Å². The zero-order chi connectivity index (χ0) is 20.2. The molecule has 3 nitrogen and oxygen atoms in total. The fourth-order valence-electron chi connectivity index (χ4n) is 3.15. The summed E-state index contributed by atoms with van der Waals surface area (Å²) in [7, 11) is 1.70. The number of fused-ring (bicyclic) bond motifs is 3. The molecule has 0 unspecified atom stereocenters. The Morgan fingerprint density at radius 3 is 2.92 bits per heavy atom. The molecule has 0 bridgehead atoms. The maximum absolute atomic E-state index is 14.6. The number of hydrogen-bond donors (Lipinski definition) is 0. The Balaban J connectivity index is 2.09. The first-order valence-corrected chi connectivity index (χ1v) is 8.45. The summed E-state index contributed by atoms with van der Waals surface area (Å²) in [5.74, 6) is -0.763. The van der Waals surface area contributed by atoms with E-state index in [1.54, 1.807) is 23.9 Å². The second-order valence-electron chi connectivity index (χ2n) is 5.92. The van der Waals surface area contributed by atoms with Gasteiger partial charge in [-0.1, -0.05) is 12.1 Å². The van der Waals surface area contributed by atoms with Crippen LogP contribution in [0, 0.1) is 30.9 Å². The molecule has 3 aromatic heterocycles. The van der Waals surface area contributed by atoms with Crippen LogP contribution in [0.4, 0.5) is 4.39 Å². The molecule has 1 aromatic carbocycles. The lowest BCUT2D eigenvalue weighted by atomic mass is 10.00. The molecular formula is C20H15FN3S+. The molecular weight excluding hydrogens is 333 g/mol. The summed E-state index contributed by atoms with van der Waals surface area (Å²) in [6.07, 6.45) is 2.93. The number of hydrogen-bond acceptors (Lipinski definition) is 3. The number of nitrogens with zero attached hydrogens (tertiary/aromatic N) is 3. The minimum absolute atomic E-state index is 0.312. The first kappa shape index (κ1) is 12.5. The SMILES string of the molecule is [2H]C([2H])([2H])c1c[n+](C)c(-c2c(C)ccc3c2sc2nccc(C#N)c23)cc1F. The quantitative estimate of drug-likeness (QED) is 0.471. The van der Waals surface area contributed by atoms with Crippen LogP contribution in [0.1, 0.15) is 20.8 Å². The molecule has 3 heterocycles. The van der Waals surface area contributed by atoms with E-state index in [2.05, 4.69) is 11.1 Å². The van der Waals surface area contributed by atoms with E-state index in [0.29, 0.717) is 11.3 Å². The van der Waals surface area contributed by atoms with E-state index in [1.165, 1.54) is 23.6 Å². The second kappa shape index (κ2) is 5.61. The van der Waals surface area contributed by atoms with Crippen LogP contribution in [0.3, 0.4) is 0 Å². The van der Waals surface area contributed by atoms with Gasteiger partial charge in [0, 0.05) is 32.7 Å². The van der Waals surface area contributed by atoms with Gasteiger partial charge in [0.15, 0.2) is 6.20 Å². The Morgan fingerprint density at radius 1 is 1.32 bits per heavy atom. The zero-order valence-electron chi connectivity index (χ0n) is 16.6. The standard InChI is InChI=1S/C20H15FN3S/c1-11-4-5-14-18-13(9-22)6-7-23-20(18)25-19(14)17(11)16-8-15(21)12(2)10-24(16)3/h4-8,10H,1-3H3/q+1/i2D3. The Morgan fingerprint density at radius 2 is 2.16 bits per heavy atom. The molecule has 5 heteroatoms. The van der Waals surface area contributed by atoms with Crippen LogP contribution in [0.5, 0.6) is 0 Å². The summed E-state index contributed by atoms with van der Waals surface area (Å²) in [5, 5.41) is 11.1. The summed E-state index contributed by atoms with van der Waals surface area (Å²) in [4.78, 5) is 5.13. The number of nitriles is 1. The molecule has 0 atom stereocenters. The van der Waals surface area contributed by atoms with Crippen molar-refractivity contribution in [3.63, 3.8) is 0 Å². The van der Waals surface area contributed by atoms with Crippen molar-refractivity contribution in [2.45, 2.75) is 13.8 Å². The normalized spacial score (nSPS) is 13.4. The van der Waals surface area contributed by atoms with Crippen LogP contribution < -0.4 is 4.57 Å². The number of aryl methyl sites for hydroxylation is 3. The average molecular weight is 351 g/mol. The smallest absolute Gasteiger partial charge is 0.216 e. The largest absolute Gasteiger partial charge is 0.245 e. The zero-order valence-corrected chi connectivity index (χ0v) is 14.4. The monoisotopic (exact) mass is 351 g/mol. The van der Waals surface area contributed by atoms with Crippen molar-refractivity contribution in [1.29, 1.82) is 5.26 Å². The van der Waals surface area contributed by atoms with Gasteiger partial charge in [-0.15, -0.1) is 11.3 Å². The van der Waals surface area contributed by atoms with E-state index in [4.69, 9.17) is 4.11 Å². The molecule has 0 saturated heterocycles. The molecule has 0 aliphatic carbocycles. The van der Waals surface area contributed by atoms with Gasteiger partial charge in [-0.05, 0) is 25.4 Å². The van der Waals surface area contributed by atoms with Crippen LogP contribution >= 0.6 is 11.3 Å². The molecule has 4 rings (SSSR count). The predicted octanol–water partition coefficient (Wildman–Crippen LogP) is 4.57. The van der Waals surface area contributed by atoms with Crippen LogP contribution in [0.25, 0.3) is 31.6 Å². The van der Waals surface area contributed by atoms with E-state index in [1.807, 2.05) is 19.1 Å². The lowest BCUT2D eigenvalue weighted by Gasteiger charge is -2.07. The van der Waals surface area contributed by atoms with Crippen molar-refractivity contribution in [2.24, 2.45) is 7.05 Å². The van der Waals surface area contributed by atoms with Crippen LogP contribution in [-0.4, -0.2) is 4.98 Å². The summed E-state index contributed by atoms with van der Waals surface area (Å²) in [6, 6.07) is 9.03. The molecule has 0 aliphatic rings. The second-order valence-corrected chi connectivity index (χ2v) is 6.92. The summed E-state index contributed by atoms with van der Waals surface area (Å²) in [6.45, 7) is -0.599. The number of pyridine rings is 2. The molecule has 0 fully saturated rings. The number of aromatic nitrogens is 2. The van der Waals surface area contributed by atoms with Gasteiger partial charge in [0.25, 0.3) is 0 Å². The van der Waals surface area contributed by atoms with Crippen molar-refractivity contribution in [3.8, 4) is 17.3 Å². The number of halogens is 1. The van der Waals surface area contributed by atoms with Gasteiger partial charge in [-0.25, -0.2) is 13.9 Å². The fraction of sp³-hybridized carbons (Fsp3) is 0.150. The van der Waals surface area contributed by atoms with Gasteiger partial charge in [0.2, 0.25) is 5.69 Å². The lowest BCUT2D eigenvalue weighted by molar-refractivity contribution is -0.660. The Hall–Kier alpha value is -2.84. The highest BCUT2D eigenvalue weighted by Gasteiger charge is 2.22. The molecule has 25 heavy (non-hydrogen) atoms. The highest BCUT2D eigenvalue weighted by Crippen LogP contribution is 2.41. The maximum Gasteiger partial charge on any atom is 0.216 e. The van der Waals surface area contributed by atoms with Crippen LogP contribution in [0.15, 0.2) is 36.7 Å². The molecule has 0 spiro atoms. The van der Waals surface area contributed by atoms with E-state index >= 15 is 0 Å². The molecule has 4 aromatic rings. The molecule has 0 N–H and O–H groups in total. The third kappa shape index (κ3) is 2.30. The summed E-state index contributed by atoms with van der Waals surface area (Å²) < 4.78 is 39.7. The van der Waals surface area contributed by atoms with Gasteiger partial charge in [0.1, 0.15) is 17.7 Å². The van der Waals surface area contributed by atoms with E-state index in [-0.39, 0.29) is 5.56 Å². The van der Waals surface area contributed by atoms with Gasteiger partial charge in [-0.2, -0.15) is 5.26 Å². The van der Waals surface area contributed by atoms with Crippen molar-refractivity contribution < 1.29 is 13.1 Å². The first-order chi connectivity index (χ1) is 13.2. The average Bonchev–Trinajstić information content (AvgIpc) is 3.01. The molecule has 0 radical (unpaired) electrons. The number of thiophene rings is 1. The molecule has 0 aliphatic heterocycles. The topological polar surface area (TPSA) is 40.6 Å². The van der Waals surface area contributed by atoms with Crippen molar-refractivity contribution in [1.82, 2.24) is 4.98 Å². The minimum Gasteiger partial charge on any atom is -0.245 e. The maximum atomic E-state index is 14.6. The molecule has 122 valence electrons. The predicted molar refractivity (Wildman–Crippen MR) is 97.9 cm³/mol. The van der Waals surface area contributed by atoms with Gasteiger partial charge in [-0.3, -0.25) is 0 Å². The Kier molecular flexibility index (Phi) is 2.81. The lowest BCUT2D eigenvalue weighted by Crippen LogP contribution is -2.31. The van der Waals surface area contributed by atoms with Gasteiger partial charge >= 0.3 is 0 Å². The molecule has 0 saturated carbocycles. The fourth-order valence-corrected chi connectivity index (χ4v) is 4.42. The van der Waals surface area contributed by atoms with E-state index in [0.717, 1.165) is 31.4 Å². The van der Waals surface area contributed by atoms with Gasteiger partial charge < -0.3 is 0 Å². The summed E-state index contributed by atoms with van der Waals surface area (Å²) in [5.41, 5.74) is 2.53. The van der Waals surface area contributed by atoms with E-state index in [9.17, 15) is 9.65 Å². The summed E-state index contributed by atoms with van der Waals surface area (Å²) >= 11 is 1.44. The third-order valence-corrected chi connectivity index (χ3v) is 5.48. The Labute approximate surface area is 152 Å².